The van der Waals surface area contributed by atoms with Gasteiger partial charge in [0.05, 0.1) is 9.83 Å². The van der Waals surface area contributed by atoms with Gasteiger partial charge in [0.1, 0.15) is 4.32 Å². The Hall–Kier alpha value is -3.04. The molecule has 0 radical (unpaired) electrons. The average Bonchev–Trinajstić information content (AvgIpc) is 2.94. The molecule has 0 unspecified atom stereocenters. The summed E-state index contributed by atoms with van der Waals surface area (Å²) in [7, 11) is 0. The summed E-state index contributed by atoms with van der Waals surface area (Å²) in [6.45, 7) is 0.162. The first-order valence-electron chi connectivity index (χ1n) is 8.29. The number of nitrogens with zero attached hydrogens (tertiary/aromatic N) is 2. The third kappa shape index (κ3) is 4.81. The quantitative estimate of drug-likeness (QED) is 0.335. The van der Waals surface area contributed by atoms with E-state index in [1.54, 1.807) is 6.08 Å². The molecule has 1 N–H and O–H groups in total. The van der Waals surface area contributed by atoms with Gasteiger partial charge < -0.3 is 5.32 Å². The number of non-ortho nitro benzene ring substituents is 1. The average molecular weight is 413 g/mol. The Morgan fingerprint density at radius 1 is 1.18 bits per heavy atom. The van der Waals surface area contributed by atoms with E-state index < -0.39 is 4.92 Å². The highest BCUT2D eigenvalue weighted by molar-refractivity contribution is 8.26. The number of nitro groups is 1. The van der Waals surface area contributed by atoms with Crippen LogP contribution in [0.4, 0.5) is 11.4 Å². The largest absolute Gasteiger partial charge is 0.326 e. The molecule has 0 aliphatic carbocycles. The summed E-state index contributed by atoms with van der Waals surface area (Å²) in [6, 6.07) is 15.0. The maximum atomic E-state index is 12.5. The molecule has 1 fully saturated rings. The summed E-state index contributed by atoms with van der Waals surface area (Å²) in [6.07, 6.45) is 1.83. The molecule has 3 rings (SSSR count). The lowest BCUT2D eigenvalue weighted by atomic mass is 10.2. The van der Waals surface area contributed by atoms with Crippen LogP contribution >= 0.6 is 24.0 Å². The van der Waals surface area contributed by atoms with Crippen molar-refractivity contribution in [3.05, 3.63) is 75.2 Å². The normalized spacial score (nSPS) is 15.1. The molecule has 1 saturated heterocycles. The van der Waals surface area contributed by atoms with Crippen LogP contribution in [-0.4, -0.2) is 32.5 Å². The van der Waals surface area contributed by atoms with Crippen molar-refractivity contribution in [3.63, 3.8) is 0 Å². The zero-order chi connectivity index (χ0) is 20.1. The van der Waals surface area contributed by atoms with Crippen molar-refractivity contribution in [2.75, 3.05) is 11.9 Å². The first-order valence-corrected chi connectivity index (χ1v) is 9.51. The SMILES string of the molecule is O=C(CCN1C(=O)/C(=C/c2ccccc2)SC1=S)Nc1ccc([N+](=O)[O-])cc1. The second-order valence-corrected chi connectivity index (χ2v) is 7.52. The summed E-state index contributed by atoms with van der Waals surface area (Å²) in [5.74, 6) is -0.531. The second-order valence-electron chi connectivity index (χ2n) is 5.85. The number of carbonyl (C=O) groups is 2. The van der Waals surface area contributed by atoms with Gasteiger partial charge in [0.15, 0.2) is 0 Å². The molecular formula is C19H15N3O4S2. The van der Waals surface area contributed by atoms with Gasteiger partial charge in [0.2, 0.25) is 5.91 Å². The molecule has 2 aromatic rings. The molecule has 0 spiro atoms. The molecular weight excluding hydrogens is 398 g/mol. The number of hydrogen-bond acceptors (Lipinski definition) is 6. The number of thiocarbonyl (C=S) groups is 1. The van der Waals surface area contributed by atoms with Crippen LogP contribution in [-0.2, 0) is 9.59 Å². The van der Waals surface area contributed by atoms with E-state index in [1.165, 1.54) is 40.9 Å². The Morgan fingerprint density at radius 3 is 2.50 bits per heavy atom. The van der Waals surface area contributed by atoms with Crippen molar-refractivity contribution >= 4 is 57.6 Å². The topological polar surface area (TPSA) is 92.6 Å². The van der Waals surface area contributed by atoms with E-state index in [9.17, 15) is 19.7 Å². The number of hydrogen-bond donors (Lipinski definition) is 1. The van der Waals surface area contributed by atoms with Crippen LogP contribution in [0.25, 0.3) is 6.08 Å². The van der Waals surface area contributed by atoms with Gasteiger partial charge >= 0.3 is 0 Å². The molecule has 28 heavy (non-hydrogen) atoms. The highest BCUT2D eigenvalue weighted by Crippen LogP contribution is 2.32. The number of anilines is 1. The van der Waals surface area contributed by atoms with Gasteiger partial charge in [-0.15, -0.1) is 0 Å². The van der Waals surface area contributed by atoms with E-state index in [0.717, 1.165) is 5.56 Å². The Balaban J connectivity index is 1.57. The number of thioether (sulfide) groups is 1. The monoisotopic (exact) mass is 413 g/mol. The maximum Gasteiger partial charge on any atom is 0.269 e. The van der Waals surface area contributed by atoms with Gasteiger partial charge in [0, 0.05) is 30.8 Å². The molecule has 0 aromatic heterocycles. The lowest BCUT2D eigenvalue weighted by Crippen LogP contribution is -2.31. The lowest BCUT2D eigenvalue weighted by molar-refractivity contribution is -0.384. The van der Waals surface area contributed by atoms with Crippen molar-refractivity contribution in [1.29, 1.82) is 0 Å². The van der Waals surface area contributed by atoms with Crippen molar-refractivity contribution in [2.24, 2.45) is 0 Å². The van der Waals surface area contributed by atoms with Crippen molar-refractivity contribution in [1.82, 2.24) is 4.90 Å². The van der Waals surface area contributed by atoms with Crippen LogP contribution in [0.15, 0.2) is 59.5 Å². The molecule has 0 atom stereocenters. The maximum absolute atomic E-state index is 12.5. The van der Waals surface area contributed by atoms with Crippen LogP contribution in [0.5, 0.6) is 0 Å². The summed E-state index contributed by atoms with van der Waals surface area (Å²) >= 11 is 6.47. The first-order chi connectivity index (χ1) is 13.4. The van der Waals surface area contributed by atoms with Gasteiger partial charge in [-0.3, -0.25) is 24.6 Å². The molecule has 0 saturated carbocycles. The zero-order valence-electron chi connectivity index (χ0n) is 14.5. The van der Waals surface area contributed by atoms with Crippen molar-refractivity contribution < 1.29 is 14.5 Å². The Labute approximate surface area is 170 Å². The van der Waals surface area contributed by atoms with Crippen LogP contribution in [0.1, 0.15) is 12.0 Å². The van der Waals surface area contributed by atoms with E-state index in [4.69, 9.17) is 12.2 Å². The van der Waals surface area contributed by atoms with Crippen molar-refractivity contribution in [3.8, 4) is 0 Å². The standard InChI is InChI=1S/C19H15N3O4S2/c23-17(20-14-6-8-15(9-7-14)22(25)26)10-11-21-18(24)16(28-19(21)27)12-13-4-2-1-3-5-13/h1-9,12H,10-11H2,(H,20,23)/b16-12-. The van der Waals surface area contributed by atoms with E-state index in [2.05, 4.69) is 5.32 Å². The first kappa shape index (κ1) is 19.7. The summed E-state index contributed by atoms with van der Waals surface area (Å²) in [4.78, 5) is 36.7. The Kier molecular flexibility index (Phi) is 6.17. The summed E-state index contributed by atoms with van der Waals surface area (Å²) in [5, 5.41) is 13.3. The molecule has 1 heterocycles. The molecule has 9 heteroatoms. The van der Waals surface area contributed by atoms with E-state index in [1.807, 2.05) is 30.3 Å². The number of carbonyl (C=O) groups excluding carboxylic acids is 2. The minimum Gasteiger partial charge on any atom is -0.326 e. The fourth-order valence-electron chi connectivity index (χ4n) is 2.50. The van der Waals surface area contributed by atoms with E-state index >= 15 is 0 Å². The van der Waals surface area contributed by atoms with Gasteiger partial charge in [-0.2, -0.15) is 0 Å². The number of nitro benzene ring substituents is 1. The second kappa shape index (κ2) is 8.77. The van der Waals surface area contributed by atoms with Crippen LogP contribution in [0.2, 0.25) is 0 Å². The zero-order valence-corrected chi connectivity index (χ0v) is 16.2. The molecule has 142 valence electrons. The molecule has 2 aromatic carbocycles. The van der Waals surface area contributed by atoms with Gasteiger partial charge in [-0.25, -0.2) is 0 Å². The molecule has 1 aliphatic heterocycles. The minimum absolute atomic E-state index is 0.0548. The summed E-state index contributed by atoms with van der Waals surface area (Å²) < 4.78 is 0.412. The van der Waals surface area contributed by atoms with Gasteiger partial charge in [-0.05, 0) is 23.8 Å². The van der Waals surface area contributed by atoms with Crippen LogP contribution < -0.4 is 5.32 Å². The van der Waals surface area contributed by atoms with E-state index in [0.29, 0.717) is 14.9 Å². The Morgan fingerprint density at radius 2 is 1.86 bits per heavy atom. The van der Waals surface area contributed by atoms with Crippen LogP contribution in [0, 0.1) is 10.1 Å². The van der Waals surface area contributed by atoms with Crippen molar-refractivity contribution in [2.45, 2.75) is 6.42 Å². The number of benzene rings is 2. The lowest BCUT2D eigenvalue weighted by Gasteiger charge is -2.14. The number of rotatable bonds is 6. The minimum atomic E-state index is -0.510. The third-order valence-corrected chi connectivity index (χ3v) is 5.27. The predicted octanol–water partition coefficient (Wildman–Crippen LogP) is 3.82. The van der Waals surface area contributed by atoms with Gasteiger partial charge in [0.25, 0.3) is 11.6 Å². The van der Waals surface area contributed by atoms with E-state index in [-0.39, 0.29) is 30.5 Å². The Bertz CT molecular complexity index is 959. The fraction of sp³-hybridized carbons (Fsp3) is 0.105. The highest BCUT2D eigenvalue weighted by atomic mass is 32.2. The number of amides is 2. The fourth-order valence-corrected chi connectivity index (χ4v) is 3.81. The molecule has 1 aliphatic rings. The highest BCUT2D eigenvalue weighted by Gasteiger charge is 2.32. The molecule has 0 bridgehead atoms. The predicted molar refractivity (Wildman–Crippen MR) is 113 cm³/mol. The third-order valence-electron chi connectivity index (χ3n) is 3.90. The molecule has 2 amide bonds. The van der Waals surface area contributed by atoms with Gasteiger partial charge in [-0.1, -0.05) is 54.3 Å². The summed E-state index contributed by atoms with van der Waals surface area (Å²) in [5.41, 5.74) is 1.30. The van der Waals surface area contributed by atoms with Crippen LogP contribution in [0.3, 0.4) is 0 Å². The molecule has 7 nitrogen and oxygen atoms in total. The number of nitrogens with one attached hydrogen (secondary N) is 1. The smallest absolute Gasteiger partial charge is 0.269 e.